The second kappa shape index (κ2) is 4.15. The summed E-state index contributed by atoms with van der Waals surface area (Å²) in [5.41, 5.74) is 0.139. The molecular formula is C13H14ClNO2. The van der Waals surface area contributed by atoms with Crippen molar-refractivity contribution in [2.75, 3.05) is 5.32 Å². The molecule has 0 spiro atoms. The van der Waals surface area contributed by atoms with Crippen molar-refractivity contribution in [3.63, 3.8) is 0 Å². The van der Waals surface area contributed by atoms with Gasteiger partial charge in [0.05, 0.1) is 5.69 Å². The number of rotatable bonds is 2. The molecule has 0 atom stereocenters. The monoisotopic (exact) mass is 251 g/mol. The molecule has 0 aliphatic carbocycles. The van der Waals surface area contributed by atoms with Crippen molar-refractivity contribution in [3.05, 3.63) is 28.8 Å². The van der Waals surface area contributed by atoms with E-state index >= 15 is 0 Å². The number of carbonyl (C=O) groups excluding carboxylic acids is 2. The van der Waals surface area contributed by atoms with E-state index in [9.17, 15) is 9.59 Å². The smallest absolute Gasteiger partial charge is 0.238 e. The Labute approximate surface area is 105 Å². The van der Waals surface area contributed by atoms with Crippen LogP contribution in [-0.2, 0) is 4.79 Å². The van der Waals surface area contributed by atoms with Crippen LogP contribution in [0.5, 0.6) is 0 Å². The minimum absolute atomic E-state index is 0.122. The Bertz CT molecular complexity index is 492. The number of nitrogens with one attached hydrogen (secondary N) is 1. The lowest BCUT2D eigenvalue weighted by atomic mass is 9.72. The average molecular weight is 252 g/mol. The van der Waals surface area contributed by atoms with Gasteiger partial charge in [-0.3, -0.25) is 9.59 Å². The van der Waals surface area contributed by atoms with Crippen LogP contribution in [0.25, 0.3) is 0 Å². The molecule has 1 heterocycles. The maximum absolute atomic E-state index is 12.4. The highest BCUT2D eigenvalue weighted by Crippen LogP contribution is 2.39. The minimum Gasteiger partial charge on any atom is -0.325 e. The van der Waals surface area contributed by atoms with Gasteiger partial charge in [0, 0.05) is 10.6 Å². The zero-order valence-electron chi connectivity index (χ0n) is 9.84. The lowest BCUT2D eigenvalue weighted by Crippen LogP contribution is -2.46. The third-order valence-electron chi connectivity index (χ3n) is 3.55. The molecule has 3 nitrogen and oxygen atoms in total. The van der Waals surface area contributed by atoms with E-state index in [0.29, 0.717) is 29.1 Å². The fraction of sp³-hybridized carbons (Fsp3) is 0.385. The summed E-state index contributed by atoms with van der Waals surface area (Å²) in [6, 6.07) is 4.96. The highest BCUT2D eigenvalue weighted by Gasteiger charge is 2.46. The normalized spacial score (nSPS) is 17.6. The molecule has 0 radical (unpaired) electrons. The standard InChI is InChI=1S/C13H14ClNO2/c1-3-13(4-2)11(16)9-7-8(14)5-6-10(9)15-12(13)17/h5-7H,3-4H2,1-2H3,(H,15,17). The molecular weight excluding hydrogens is 238 g/mol. The van der Waals surface area contributed by atoms with Crippen molar-refractivity contribution in [2.24, 2.45) is 5.41 Å². The quantitative estimate of drug-likeness (QED) is 0.820. The number of fused-ring (bicyclic) bond motifs is 1. The number of anilines is 1. The van der Waals surface area contributed by atoms with Crippen molar-refractivity contribution in [1.82, 2.24) is 0 Å². The molecule has 90 valence electrons. The van der Waals surface area contributed by atoms with Crippen molar-refractivity contribution < 1.29 is 9.59 Å². The van der Waals surface area contributed by atoms with Crippen molar-refractivity contribution in [1.29, 1.82) is 0 Å². The van der Waals surface area contributed by atoms with Crippen LogP contribution in [0.4, 0.5) is 5.69 Å². The topological polar surface area (TPSA) is 46.2 Å². The first-order valence-corrected chi connectivity index (χ1v) is 6.08. The Hall–Kier alpha value is -1.35. The van der Waals surface area contributed by atoms with Crippen LogP contribution in [-0.4, -0.2) is 11.7 Å². The number of benzene rings is 1. The SMILES string of the molecule is CCC1(CC)C(=O)Nc2ccc(Cl)cc2C1=O. The molecule has 17 heavy (non-hydrogen) atoms. The van der Waals surface area contributed by atoms with Crippen LogP contribution < -0.4 is 5.32 Å². The molecule has 1 aromatic carbocycles. The van der Waals surface area contributed by atoms with Crippen LogP contribution in [0.15, 0.2) is 18.2 Å². The van der Waals surface area contributed by atoms with Crippen LogP contribution in [0.3, 0.4) is 0 Å². The molecule has 0 fully saturated rings. The van der Waals surface area contributed by atoms with Gasteiger partial charge in [0.15, 0.2) is 5.78 Å². The first-order chi connectivity index (χ1) is 8.05. The Morgan fingerprint density at radius 3 is 2.47 bits per heavy atom. The van der Waals surface area contributed by atoms with E-state index in [1.54, 1.807) is 18.2 Å². The first kappa shape index (κ1) is 12.1. The Balaban J connectivity index is 2.60. The Morgan fingerprint density at radius 2 is 1.88 bits per heavy atom. The highest BCUT2D eigenvalue weighted by molar-refractivity contribution is 6.32. The third-order valence-corrected chi connectivity index (χ3v) is 3.79. The van der Waals surface area contributed by atoms with Crippen LogP contribution in [0.2, 0.25) is 5.02 Å². The average Bonchev–Trinajstić information content (AvgIpc) is 2.32. The summed E-state index contributed by atoms with van der Waals surface area (Å²) in [7, 11) is 0. The zero-order valence-corrected chi connectivity index (χ0v) is 10.6. The van der Waals surface area contributed by atoms with E-state index in [2.05, 4.69) is 5.32 Å². The van der Waals surface area contributed by atoms with Crippen molar-refractivity contribution >= 4 is 29.0 Å². The fourth-order valence-corrected chi connectivity index (χ4v) is 2.48. The van der Waals surface area contributed by atoms with Crippen molar-refractivity contribution in [2.45, 2.75) is 26.7 Å². The summed E-state index contributed by atoms with van der Waals surface area (Å²) >= 11 is 5.89. The molecule has 1 N–H and O–H groups in total. The summed E-state index contributed by atoms with van der Waals surface area (Å²) in [6.45, 7) is 3.72. The van der Waals surface area contributed by atoms with Crippen LogP contribution in [0, 0.1) is 5.41 Å². The van der Waals surface area contributed by atoms with Gasteiger partial charge >= 0.3 is 0 Å². The van der Waals surface area contributed by atoms with E-state index in [4.69, 9.17) is 11.6 Å². The first-order valence-electron chi connectivity index (χ1n) is 5.71. The molecule has 0 unspecified atom stereocenters. The van der Waals surface area contributed by atoms with Gasteiger partial charge in [0.1, 0.15) is 5.41 Å². The van der Waals surface area contributed by atoms with E-state index in [0.717, 1.165) is 0 Å². The molecule has 0 saturated carbocycles. The predicted molar refractivity (Wildman–Crippen MR) is 67.4 cm³/mol. The Morgan fingerprint density at radius 1 is 1.24 bits per heavy atom. The molecule has 4 heteroatoms. The maximum Gasteiger partial charge on any atom is 0.238 e. The number of halogens is 1. The van der Waals surface area contributed by atoms with E-state index in [1.165, 1.54) is 0 Å². The summed E-state index contributed by atoms with van der Waals surface area (Å²) in [4.78, 5) is 24.5. The number of carbonyl (C=O) groups is 2. The number of amides is 1. The molecule has 0 bridgehead atoms. The van der Waals surface area contributed by atoms with Gasteiger partial charge in [-0.2, -0.15) is 0 Å². The molecule has 1 aromatic rings. The molecule has 0 aromatic heterocycles. The van der Waals surface area contributed by atoms with Gasteiger partial charge in [-0.25, -0.2) is 0 Å². The Kier molecular flexibility index (Phi) is 2.96. The van der Waals surface area contributed by atoms with Gasteiger partial charge in [-0.1, -0.05) is 25.4 Å². The van der Waals surface area contributed by atoms with Gasteiger partial charge in [-0.05, 0) is 31.0 Å². The summed E-state index contributed by atoms with van der Waals surface area (Å²) in [6.07, 6.45) is 1.00. The minimum atomic E-state index is -0.933. The van der Waals surface area contributed by atoms with Gasteiger partial charge in [0.25, 0.3) is 0 Å². The van der Waals surface area contributed by atoms with E-state index in [-0.39, 0.29) is 11.7 Å². The van der Waals surface area contributed by atoms with Crippen LogP contribution >= 0.6 is 11.6 Å². The lowest BCUT2D eigenvalue weighted by Gasteiger charge is -2.33. The number of hydrogen-bond acceptors (Lipinski definition) is 2. The lowest BCUT2D eigenvalue weighted by molar-refractivity contribution is -0.123. The van der Waals surface area contributed by atoms with Gasteiger partial charge in [-0.15, -0.1) is 0 Å². The number of ketones is 1. The second-order valence-corrected chi connectivity index (χ2v) is 4.70. The maximum atomic E-state index is 12.4. The van der Waals surface area contributed by atoms with Gasteiger partial charge in [0.2, 0.25) is 5.91 Å². The highest BCUT2D eigenvalue weighted by atomic mass is 35.5. The molecule has 1 aliphatic rings. The fourth-order valence-electron chi connectivity index (χ4n) is 2.31. The summed E-state index contributed by atoms with van der Waals surface area (Å²) in [5, 5.41) is 3.30. The van der Waals surface area contributed by atoms with Gasteiger partial charge < -0.3 is 5.32 Å². The summed E-state index contributed by atoms with van der Waals surface area (Å²) in [5.74, 6) is -0.328. The predicted octanol–water partition coefficient (Wildman–Crippen LogP) is 3.28. The largest absolute Gasteiger partial charge is 0.325 e. The second-order valence-electron chi connectivity index (χ2n) is 4.26. The third kappa shape index (κ3) is 1.65. The number of hydrogen-bond donors (Lipinski definition) is 1. The summed E-state index contributed by atoms with van der Waals surface area (Å²) < 4.78 is 0. The molecule has 2 rings (SSSR count). The van der Waals surface area contributed by atoms with Crippen molar-refractivity contribution in [3.8, 4) is 0 Å². The van der Waals surface area contributed by atoms with E-state index in [1.807, 2.05) is 13.8 Å². The molecule has 1 amide bonds. The van der Waals surface area contributed by atoms with E-state index < -0.39 is 5.41 Å². The number of Topliss-reactive ketones (excluding diaryl/α,β-unsaturated/α-hetero) is 1. The van der Waals surface area contributed by atoms with Crippen LogP contribution in [0.1, 0.15) is 37.0 Å². The zero-order chi connectivity index (χ0) is 12.6. The molecule has 0 saturated heterocycles. The molecule has 1 aliphatic heterocycles.